The summed E-state index contributed by atoms with van der Waals surface area (Å²) in [4.78, 5) is 26.9. The van der Waals surface area contributed by atoms with Crippen LogP contribution in [0.1, 0.15) is 17.5 Å². The Morgan fingerprint density at radius 3 is 2.67 bits per heavy atom. The smallest absolute Gasteiger partial charge is 0.339 e. The number of carbonyl (C=O) groups is 1. The second kappa shape index (κ2) is 7.90. The summed E-state index contributed by atoms with van der Waals surface area (Å²) in [5.74, 6) is 1.95. The Bertz CT molecular complexity index is 899. The standard InChI is InChI=1S/C20H24N2O4.ClH/c1-12-16-4-3-15(25-2)7-18(16)26-20(24)17(12)5-6-19(23)22-10-13-8-21-9-14(13)11-22;/h3-4,7,13-14,21H,5-6,8-11H2,1-2H3;1H/t13-,14+;. The summed E-state index contributed by atoms with van der Waals surface area (Å²) in [7, 11) is 1.58. The monoisotopic (exact) mass is 392 g/mol. The van der Waals surface area contributed by atoms with Crippen LogP contribution in [0.3, 0.4) is 0 Å². The van der Waals surface area contributed by atoms with E-state index in [4.69, 9.17) is 9.15 Å². The number of rotatable bonds is 4. The van der Waals surface area contributed by atoms with Gasteiger partial charge >= 0.3 is 5.63 Å². The first-order valence-electron chi connectivity index (χ1n) is 9.15. The molecule has 1 aromatic carbocycles. The number of ether oxygens (including phenoxy) is 1. The highest BCUT2D eigenvalue weighted by molar-refractivity contribution is 5.85. The molecule has 146 valence electrons. The normalized spacial score (nSPS) is 21.2. The molecule has 0 aliphatic carbocycles. The van der Waals surface area contributed by atoms with Crippen molar-refractivity contribution >= 4 is 29.3 Å². The summed E-state index contributed by atoms with van der Waals surface area (Å²) < 4.78 is 10.6. The summed E-state index contributed by atoms with van der Waals surface area (Å²) in [5.41, 5.74) is 1.63. The molecular formula is C20H25ClN2O4. The quantitative estimate of drug-likeness (QED) is 0.807. The van der Waals surface area contributed by atoms with E-state index in [1.807, 2.05) is 24.0 Å². The number of fused-ring (bicyclic) bond motifs is 2. The highest BCUT2D eigenvalue weighted by Crippen LogP contribution is 2.27. The molecule has 0 spiro atoms. The second-order valence-electron chi connectivity index (χ2n) is 7.33. The van der Waals surface area contributed by atoms with Crippen LogP contribution in [-0.4, -0.2) is 44.1 Å². The van der Waals surface area contributed by atoms with Crippen LogP contribution in [0.2, 0.25) is 0 Å². The van der Waals surface area contributed by atoms with Gasteiger partial charge in [0.25, 0.3) is 0 Å². The van der Waals surface area contributed by atoms with Crippen molar-refractivity contribution in [3.05, 3.63) is 39.7 Å². The van der Waals surface area contributed by atoms with Gasteiger partial charge in [-0.1, -0.05) is 0 Å². The van der Waals surface area contributed by atoms with Crippen LogP contribution in [-0.2, 0) is 11.2 Å². The largest absolute Gasteiger partial charge is 0.497 e. The third-order valence-electron chi connectivity index (χ3n) is 5.83. The van der Waals surface area contributed by atoms with Gasteiger partial charge in [-0.25, -0.2) is 4.79 Å². The molecule has 6 nitrogen and oxygen atoms in total. The van der Waals surface area contributed by atoms with Crippen molar-refractivity contribution in [2.45, 2.75) is 19.8 Å². The molecule has 0 bridgehead atoms. The number of halogens is 1. The minimum absolute atomic E-state index is 0. The number of nitrogens with zero attached hydrogens (tertiary/aromatic N) is 1. The van der Waals surface area contributed by atoms with E-state index >= 15 is 0 Å². The first-order chi connectivity index (χ1) is 12.6. The number of likely N-dealkylation sites (tertiary alicyclic amines) is 1. The number of benzene rings is 1. The molecule has 2 aromatic rings. The molecule has 1 N–H and O–H groups in total. The zero-order valence-electron chi connectivity index (χ0n) is 15.6. The van der Waals surface area contributed by atoms with E-state index in [0.29, 0.717) is 41.6 Å². The van der Waals surface area contributed by atoms with Crippen LogP contribution >= 0.6 is 12.4 Å². The Morgan fingerprint density at radius 2 is 2.00 bits per heavy atom. The molecule has 2 aliphatic heterocycles. The maximum Gasteiger partial charge on any atom is 0.339 e. The number of hydrogen-bond acceptors (Lipinski definition) is 5. The Morgan fingerprint density at radius 1 is 1.30 bits per heavy atom. The van der Waals surface area contributed by atoms with Gasteiger partial charge in [0.2, 0.25) is 5.91 Å². The highest BCUT2D eigenvalue weighted by atomic mass is 35.5. The number of hydrogen-bond donors (Lipinski definition) is 1. The minimum atomic E-state index is -0.362. The first-order valence-corrected chi connectivity index (χ1v) is 9.15. The van der Waals surface area contributed by atoms with Crippen LogP contribution in [0.5, 0.6) is 5.75 Å². The minimum Gasteiger partial charge on any atom is -0.497 e. The lowest BCUT2D eigenvalue weighted by atomic mass is 10.0. The lowest BCUT2D eigenvalue weighted by Crippen LogP contribution is -2.32. The summed E-state index contributed by atoms with van der Waals surface area (Å²) in [6.07, 6.45) is 0.763. The van der Waals surface area contributed by atoms with E-state index in [0.717, 1.165) is 37.1 Å². The molecule has 2 aliphatic rings. The fourth-order valence-electron chi connectivity index (χ4n) is 4.24. The van der Waals surface area contributed by atoms with Crippen LogP contribution in [0.15, 0.2) is 27.4 Å². The van der Waals surface area contributed by atoms with Gasteiger partial charge in [-0.15, -0.1) is 12.4 Å². The molecule has 4 rings (SSSR count). The predicted molar refractivity (Wildman–Crippen MR) is 106 cm³/mol. The molecule has 27 heavy (non-hydrogen) atoms. The Balaban J connectivity index is 0.00000210. The van der Waals surface area contributed by atoms with Crippen molar-refractivity contribution in [2.75, 3.05) is 33.3 Å². The Kier molecular flexibility index (Phi) is 5.77. The van der Waals surface area contributed by atoms with Gasteiger partial charge in [0.1, 0.15) is 11.3 Å². The third kappa shape index (κ3) is 3.69. The van der Waals surface area contributed by atoms with Crippen molar-refractivity contribution in [1.82, 2.24) is 10.2 Å². The lowest BCUT2D eigenvalue weighted by Gasteiger charge is -2.17. The van der Waals surface area contributed by atoms with Gasteiger partial charge in [-0.3, -0.25) is 4.79 Å². The zero-order chi connectivity index (χ0) is 18.3. The zero-order valence-corrected chi connectivity index (χ0v) is 16.4. The number of methoxy groups -OCH3 is 1. The highest BCUT2D eigenvalue weighted by Gasteiger charge is 2.37. The molecule has 0 saturated carbocycles. The average Bonchev–Trinajstić information content (AvgIpc) is 3.22. The second-order valence-corrected chi connectivity index (χ2v) is 7.33. The first kappa shape index (κ1) is 19.7. The molecule has 1 aromatic heterocycles. The molecule has 0 unspecified atom stereocenters. The molecular weight excluding hydrogens is 368 g/mol. The van der Waals surface area contributed by atoms with Crippen molar-refractivity contribution in [2.24, 2.45) is 11.8 Å². The summed E-state index contributed by atoms with van der Waals surface area (Å²) in [6, 6.07) is 5.46. The Labute approximate surface area is 164 Å². The molecule has 7 heteroatoms. The molecule has 1 amide bonds. The topological polar surface area (TPSA) is 71.8 Å². The average molecular weight is 393 g/mol. The van der Waals surface area contributed by atoms with Crippen LogP contribution in [0, 0.1) is 18.8 Å². The van der Waals surface area contributed by atoms with Gasteiger partial charge in [-0.05, 0) is 42.9 Å². The maximum absolute atomic E-state index is 12.6. The van der Waals surface area contributed by atoms with E-state index in [1.165, 1.54) is 0 Å². The van der Waals surface area contributed by atoms with E-state index in [9.17, 15) is 9.59 Å². The SMILES string of the molecule is COc1ccc2c(C)c(CCC(=O)N3C[C@H]4CNC[C@H]4C3)c(=O)oc2c1.Cl. The van der Waals surface area contributed by atoms with Gasteiger partial charge in [-0.2, -0.15) is 0 Å². The van der Waals surface area contributed by atoms with Crippen molar-refractivity contribution in [3.8, 4) is 5.75 Å². The fourth-order valence-corrected chi connectivity index (χ4v) is 4.24. The lowest BCUT2D eigenvalue weighted by molar-refractivity contribution is -0.130. The van der Waals surface area contributed by atoms with Gasteiger partial charge in [0.15, 0.2) is 0 Å². The summed E-state index contributed by atoms with van der Waals surface area (Å²) in [6.45, 7) is 5.59. The number of carbonyl (C=O) groups excluding carboxylic acids is 1. The number of nitrogens with one attached hydrogen (secondary N) is 1. The number of aryl methyl sites for hydroxylation is 1. The van der Waals surface area contributed by atoms with Crippen molar-refractivity contribution in [1.29, 1.82) is 0 Å². The van der Waals surface area contributed by atoms with E-state index in [2.05, 4.69) is 5.32 Å². The summed E-state index contributed by atoms with van der Waals surface area (Å²) in [5, 5.41) is 4.26. The molecule has 2 fully saturated rings. The summed E-state index contributed by atoms with van der Waals surface area (Å²) >= 11 is 0. The number of amides is 1. The van der Waals surface area contributed by atoms with Gasteiger partial charge < -0.3 is 19.4 Å². The van der Waals surface area contributed by atoms with E-state index in [1.54, 1.807) is 13.2 Å². The molecule has 2 saturated heterocycles. The molecule has 2 atom stereocenters. The van der Waals surface area contributed by atoms with Crippen LogP contribution in [0.4, 0.5) is 0 Å². The van der Waals surface area contributed by atoms with Gasteiger partial charge in [0.05, 0.1) is 7.11 Å². The van der Waals surface area contributed by atoms with E-state index < -0.39 is 0 Å². The fraction of sp³-hybridized carbons (Fsp3) is 0.500. The Hall–Kier alpha value is -2.05. The van der Waals surface area contributed by atoms with Crippen molar-refractivity contribution < 1.29 is 13.9 Å². The van der Waals surface area contributed by atoms with Crippen molar-refractivity contribution in [3.63, 3.8) is 0 Å². The van der Waals surface area contributed by atoms with Crippen LogP contribution < -0.4 is 15.7 Å². The van der Waals surface area contributed by atoms with Gasteiger partial charge in [0, 0.05) is 49.6 Å². The molecule has 3 heterocycles. The van der Waals surface area contributed by atoms with E-state index in [-0.39, 0.29) is 23.9 Å². The molecule has 0 radical (unpaired) electrons. The maximum atomic E-state index is 12.6. The third-order valence-corrected chi connectivity index (χ3v) is 5.83. The predicted octanol–water partition coefficient (Wildman–Crippen LogP) is 2.14. The van der Waals surface area contributed by atoms with Crippen LogP contribution in [0.25, 0.3) is 11.0 Å².